The molecular formula is C29H38N4O2S2. The van der Waals surface area contributed by atoms with E-state index in [2.05, 4.69) is 38.4 Å². The predicted molar refractivity (Wildman–Crippen MR) is 155 cm³/mol. The zero-order chi connectivity index (χ0) is 26.9. The minimum atomic E-state index is -1.44. The molecule has 3 atom stereocenters. The van der Waals surface area contributed by atoms with Crippen LogP contribution in [0.25, 0.3) is 0 Å². The van der Waals surface area contributed by atoms with Crippen LogP contribution in [0.3, 0.4) is 0 Å². The summed E-state index contributed by atoms with van der Waals surface area (Å²) < 4.78 is 32.4. The molecule has 1 N–H and O–H groups in total. The summed E-state index contributed by atoms with van der Waals surface area (Å²) in [6, 6.07) is 19.8. The Morgan fingerprint density at radius 1 is 0.919 bits per heavy atom. The molecule has 0 aliphatic rings. The Balaban J connectivity index is 1.66. The van der Waals surface area contributed by atoms with Gasteiger partial charge >= 0.3 is 0 Å². The molecule has 0 saturated carbocycles. The van der Waals surface area contributed by atoms with Crippen molar-refractivity contribution in [3.63, 3.8) is 0 Å². The number of hydrogen-bond donors (Lipinski definition) is 1. The highest BCUT2D eigenvalue weighted by atomic mass is 32.2. The molecule has 2 aromatic heterocycles. The lowest BCUT2D eigenvalue weighted by Gasteiger charge is -2.28. The van der Waals surface area contributed by atoms with Gasteiger partial charge in [-0.1, -0.05) is 46.9 Å². The largest absolute Gasteiger partial charge is 0.598 e. The minimum Gasteiger partial charge on any atom is -0.598 e. The van der Waals surface area contributed by atoms with Crippen molar-refractivity contribution in [1.29, 1.82) is 0 Å². The van der Waals surface area contributed by atoms with Crippen molar-refractivity contribution in [2.45, 2.75) is 75.8 Å². The average molecular weight is 539 g/mol. The molecule has 8 heteroatoms. The second-order valence-electron chi connectivity index (χ2n) is 10.7. The first-order valence-corrected chi connectivity index (χ1v) is 14.8. The lowest BCUT2D eigenvalue weighted by atomic mass is 10.0. The molecule has 0 radical (unpaired) electrons. The Morgan fingerprint density at radius 3 is 2.27 bits per heavy atom. The van der Waals surface area contributed by atoms with Crippen LogP contribution in [-0.2, 0) is 35.6 Å². The summed E-state index contributed by atoms with van der Waals surface area (Å²) in [5.74, 6) is 0. The van der Waals surface area contributed by atoms with Gasteiger partial charge in [-0.05, 0) is 83.2 Å². The van der Waals surface area contributed by atoms with Crippen molar-refractivity contribution in [1.82, 2.24) is 14.7 Å². The third kappa shape index (κ3) is 9.54. The van der Waals surface area contributed by atoms with E-state index in [0.29, 0.717) is 12.1 Å². The minimum absolute atomic E-state index is 0.122. The van der Waals surface area contributed by atoms with Gasteiger partial charge in [-0.25, -0.2) is 0 Å². The summed E-state index contributed by atoms with van der Waals surface area (Å²) in [7, 11) is 0. The van der Waals surface area contributed by atoms with Crippen molar-refractivity contribution in [3.8, 4) is 0 Å². The summed E-state index contributed by atoms with van der Waals surface area (Å²) in [6.45, 7) is 9.77. The Labute approximate surface area is 228 Å². The number of hydrogen-bond acceptors (Lipinski definition) is 6. The first kappa shape index (κ1) is 29.3. The number of aromatic nitrogens is 2. The lowest BCUT2D eigenvalue weighted by molar-refractivity contribution is 0.498. The molecule has 0 bridgehead atoms. The van der Waals surface area contributed by atoms with Gasteiger partial charge in [0.2, 0.25) is 0 Å². The fourth-order valence-electron chi connectivity index (χ4n) is 3.72. The second kappa shape index (κ2) is 13.5. The van der Waals surface area contributed by atoms with E-state index in [4.69, 9.17) is 4.98 Å². The molecule has 198 valence electrons. The smallest absolute Gasteiger partial charge is 0.151 e. The highest BCUT2D eigenvalue weighted by Gasteiger charge is 2.34. The van der Waals surface area contributed by atoms with Crippen molar-refractivity contribution >= 4 is 28.9 Å². The highest BCUT2D eigenvalue weighted by Crippen LogP contribution is 2.26. The van der Waals surface area contributed by atoms with E-state index >= 15 is 0 Å². The van der Waals surface area contributed by atoms with Crippen LogP contribution in [0.1, 0.15) is 76.0 Å². The Morgan fingerprint density at radius 2 is 1.65 bits per heavy atom. The predicted octanol–water partition coefficient (Wildman–Crippen LogP) is 5.70. The fourth-order valence-corrected chi connectivity index (χ4v) is 5.35. The number of benzene rings is 1. The molecule has 3 aromatic rings. The third-order valence-corrected chi connectivity index (χ3v) is 8.88. The number of aryl methyl sites for hydroxylation is 1. The monoisotopic (exact) mass is 538 g/mol. The Bertz CT molecular complexity index is 1100. The van der Waals surface area contributed by atoms with Gasteiger partial charge in [-0.15, -0.1) is 4.72 Å². The number of rotatable bonds is 12. The molecule has 37 heavy (non-hydrogen) atoms. The lowest BCUT2D eigenvalue weighted by Crippen LogP contribution is -2.41. The number of pyridine rings is 2. The van der Waals surface area contributed by atoms with Gasteiger partial charge in [-0.3, -0.25) is 9.97 Å². The molecule has 3 rings (SSSR count). The molecule has 0 fully saturated rings. The number of nitrogens with zero attached hydrogens (tertiary/aromatic N) is 3. The van der Waals surface area contributed by atoms with Crippen LogP contribution in [0.2, 0.25) is 0 Å². The summed E-state index contributed by atoms with van der Waals surface area (Å²) >= 11 is -2.65. The van der Waals surface area contributed by atoms with Gasteiger partial charge in [0.05, 0.1) is 17.4 Å². The quantitative estimate of drug-likeness (QED) is 0.236. The van der Waals surface area contributed by atoms with Crippen molar-refractivity contribution in [2.75, 3.05) is 0 Å². The van der Waals surface area contributed by atoms with E-state index in [1.54, 1.807) is 12.4 Å². The maximum absolute atomic E-state index is 12.9. The van der Waals surface area contributed by atoms with E-state index in [1.807, 2.05) is 77.2 Å². The zero-order valence-corrected chi connectivity index (χ0v) is 24.0. The Kier molecular flexibility index (Phi) is 10.7. The van der Waals surface area contributed by atoms with Crippen molar-refractivity contribution in [2.24, 2.45) is 4.40 Å². The maximum Gasteiger partial charge on any atom is 0.151 e. The first-order valence-electron chi connectivity index (χ1n) is 12.6. The first-order chi connectivity index (χ1) is 17.5. The van der Waals surface area contributed by atoms with Gasteiger partial charge in [0, 0.05) is 30.2 Å². The van der Waals surface area contributed by atoms with Gasteiger partial charge in [0.15, 0.2) is 4.75 Å². The topological polar surface area (TPSA) is 96.3 Å². The second-order valence-corrected chi connectivity index (χ2v) is 14.5. The number of nitrogens with one attached hydrogen (secondary N) is 1. The van der Waals surface area contributed by atoms with Crippen molar-refractivity contribution in [3.05, 3.63) is 95.6 Å². The van der Waals surface area contributed by atoms with Gasteiger partial charge in [0.25, 0.3) is 0 Å². The van der Waals surface area contributed by atoms with E-state index in [-0.39, 0.29) is 10.8 Å². The molecule has 2 heterocycles. The van der Waals surface area contributed by atoms with Crippen molar-refractivity contribution < 1.29 is 9.11 Å². The average Bonchev–Trinajstić information content (AvgIpc) is 2.87. The summed E-state index contributed by atoms with van der Waals surface area (Å²) in [5, 5.41) is 0. The van der Waals surface area contributed by atoms with Gasteiger partial charge in [-0.2, -0.15) is 0 Å². The van der Waals surface area contributed by atoms with Crippen LogP contribution in [-0.4, -0.2) is 34.8 Å². The van der Waals surface area contributed by atoms with Crippen LogP contribution in [0.5, 0.6) is 0 Å². The highest BCUT2D eigenvalue weighted by molar-refractivity contribution is 7.91. The Hall–Kier alpha value is -2.23. The fraction of sp³-hybridized carbons (Fsp3) is 0.414. The van der Waals surface area contributed by atoms with Crippen LogP contribution < -0.4 is 4.72 Å². The molecular weight excluding hydrogens is 500 g/mol. The molecule has 0 aliphatic heterocycles. The van der Waals surface area contributed by atoms with Gasteiger partial charge < -0.3 is 9.11 Å². The molecule has 3 unspecified atom stereocenters. The van der Waals surface area contributed by atoms with Gasteiger partial charge in [0.1, 0.15) is 22.3 Å². The van der Waals surface area contributed by atoms with E-state index in [0.717, 1.165) is 30.5 Å². The van der Waals surface area contributed by atoms with Crippen LogP contribution in [0.15, 0.2) is 77.5 Å². The maximum atomic E-state index is 12.9. The summed E-state index contributed by atoms with van der Waals surface area (Å²) in [5.41, 5.74) is 3.81. The van der Waals surface area contributed by atoms with E-state index < -0.39 is 27.5 Å². The van der Waals surface area contributed by atoms with E-state index in [9.17, 15) is 9.11 Å². The molecule has 0 saturated heterocycles. The molecule has 0 spiro atoms. The van der Waals surface area contributed by atoms with Crippen LogP contribution in [0, 0.1) is 0 Å². The molecule has 0 amide bonds. The summed E-state index contributed by atoms with van der Waals surface area (Å²) in [6.07, 6.45) is 8.37. The SMILES string of the molecule is CC(C)(C)[S+]([O-])NC(CCCc1ccccc1)c1ccc(CC(C)(C)[S+]([O-])N=Cc2ccccn2)cn1. The molecule has 0 aliphatic carbocycles. The molecule has 6 nitrogen and oxygen atoms in total. The third-order valence-electron chi connectivity index (χ3n) is 5.88. The van der Waals surface area contributed by atoms with Crippen LogP contribution in [0.4, 0.5) is 0 Å². The molecule has 1 aromatic carbocycles. The summed E-state index contributed by atoms with van der Waals surface area (Å²) in [4.78, 5) is 8.93. The normalized spacial score (nSPS) is 15.0. The standard InChI is InChI=1S/C29H38N4O2S2/c1-28(2,3)36(34)33-27(16-11-14-23-12-7-6-8-13-23)26-18-17-24(21-31-26)20-29(4,5)37(35)32-22-25-15-9-10-19-30-25/h6-10,12-13,15,17-19,21-22,27,33H,11,14,16,20H2,1-5H3. The van der Waals surface area contributed by atoms with E-state index in [1.165, 1.54) is 5.56 Å². The van der Waals surface area contributed by atoms with Crippen LogP contribution >= 0.6 is 0 Å². The zero-order valence-electron chi connectivity index (χ0n) is 22.4.